The fourth-order valence-corrected chi connectivity index (χ4v) is 5.42. The Labute approximate surface area is 179 Å². The van der Waals surface area contributed by atoms with E-state index < -0.39 is 10.0 Å². The second kappa shape index (κ2) is 7.11. The molecule has 0 atom stereocenters. The maximum Gasteiger partial charge on any atom is 0.258 e. The van der Waals surface area contributed by atoms with Crippen LogP contribution in [0.2, 0.25) is 0 Å². The zero-order valence-electron chi connectivity index (χ0n) is 17.1. The first-order valence-electron chi connectivity index (χ1n) is 9.96. The van der Waals surface area contributed by atoms with Gasteiger partial charge in [-0.3, -0.25) is 4.79 Å². The van der Waals surface area contributed by atoms with Gasteiger partial charge in [0.05, 0.1) is 24.2 Å². The number of H-pyrrole nitrogens is 1. The van der Waals surface area contributed by atoms with Crippen LogP contribution in [-0.4, -0.2) is 33.0 Å². The number of fused-ring (bicyclic) bond motifs is 1. The Morgan fingerprint density at radius 3 is 2.71 bits per heavy atom. The van der Waals surface area contributed by atoms with Crippen LogP contribution in [0.5, 0.6) is 5.75 Å². The molecule has 4 aromatic rings. The fourth-order valence-electron chi connectivity index (χ4n) is 4.21. The number of nitrogens with zero attached hydrogens (tertiary/aromatic N) is 1. The molecule has 3 aromatic carbocycles. The summed E-state index contributed by atoms with van der Waals surface area (Å²) in [5.74, 6) is 0.640. The number of carbonyl (C=O) groups excluding carboxylic acids is 1. The summed E-state index contributed by atoms with van der Waals surface area (Å²) in [6, 6.07) is 16.0. The number of carbonyl (C=O) groups is 1. The number of methoxy groups -OCH3 is 1. The molecule has 7 nitrogen and oxygen atoms in total. The molecular formula is C23H21N3O4S. The molecule has 0 spiro atoms. The van der Waals surface area contributed by atoms with E-state index in [1.807, 2.05) is 31.2 Å². The van der Waals surface area contributed by atoms with E-state index >= 15 is 0 Å². The minimum absolute atomic E-state index is 0.0980. The minimum Gasteiger partial charge on any atom is -0.497 e. The molecule has 2 heterocycles. The van der Waals surface area contributed by atoms with Crippen LogP contribution in [0.1, 0.15) is 23.0 Å². The third-order valence-electron chi connectivity index (χ3n) is 5.69. The van der Waals surface area contributed by atoms with Gasteiger partial charge in [-0.1, -0.05) is 12.1 Å². The Kier molecular flexibility index (Phi) is 4.49. The molecule has 31 heavy (non-hydrogen) atoms. The first-order chi connectivity index (χ1) is 14.9. The maximum atomic E-state index is 13.2. The van der Waals surface area contributed by atoms with Gasteiger partial charge in [-0.05, 0) is 49.4 Å². The zero-order chi connectivity index (χ0) is 21.8. The van der Waals surface area contributed by atoms with Crippen LogP contribution >= 0.6 is 0 Å². The number of anilines is 1. The summed E-state index contributed by atoms with van der Waals surface area (Å²) < 4.78 is 34.3. The molecule has 2 N–H and O–H groups in total. The third kappa shape index (κ3) is 3.07. The Morgan fingerprint density at radius 2 is 1.94 bits per heavy atom. The summed E-state index contributed by atoms with van der Waals surface area (Å²) in [5.41, 5.74) is 2.93. The molecule has 8 heteroatoms. The van der Waals surface area contributed by atoms with Crippen LogP contribution in [0.25, 0.3) is 21.7 Å². The lowest BCUT2D eigenvalue weighted by Gasteiger charge is -2.15. The van der Waals surface area contributed by atoms with Crippen LogP contribution in [0, 0.1) is 0 Å². The minimum atomic E-state index is -3.81. The smallest absolute Gasteiger partial charge is 0.258 e. The van der Waals surface area contributed by atoms with Crippen molar-refractivity contribution >= 4 is 43.3 Å². The van der Waals surface area contributed by atoms with Gasteiger partial charge in [0.1, 0.15) is 5.75 Å². The van der Waals surface area contributed by atoms with Gasteiger partial charge in [0.15, 0.2) is 0 Å². The van der Waals surface area contributed by atoms with E-state index in [4.69, 9.17) is 4.74 Å². The summed E-state index contributed by atoms with van der Waals surface area (Å²) in [5, 5.41) is 2.18. The van der Waals surface area contributed by atoms with E-state index in [9.17, 15) is 13.2 Å². The van der Waals surface area contributed by atoms with Crippen molar-refractivity contribution in [1.82, 2.24) is 9.71 Å². The zero-order valence-corrected chi connectivity index (χ0v) is 17.9. The standard InChI is InChI=1S/C23H21N3O4S/c1-3-26-20-9-10-21(17-5-4-6-18(22(17)20)23(26)27)31(28,29)24-13-15-11-14-12-16(30-2)7-8-19(14)25-15/h4-12,24-25H,3,13H2,1-2H3. The lowest BCUT2D eigenvalue weighted by atomic mass is 10.1. The molecule has 0 saturated carbocycles. The van der Waals surface area contributed by atoms with Gasteiger partial charge < -0.3 is 14.6 Å². The summed E-state index contributed by atoms with van der Waals surface area (Å²) >= 11 is 0. The molecule has 0 saturated heterocycles. The molecule has 0 fully saturated rings. The average molecular weight is 436 g/mol. The van der Waals surface area contributed by atoms with Crippen LogP contribution in [-0.2, 0) is 16.6 Å². The monoisotopic (exact) mass is 435 g/mol. The highest BCUT2D eigenvalue weighted by Gasteiger charge is 2.31. The number of aromatic nitrogens is 1. The van der Waals surface area contributed by atoms with E-state index in [1.54, 1.807) is 42.3 Å². The maximum absolute atomic E-state index is 13.2. The Bertz CT molecular complexity index is 1460. The molecule has 0 bridgehead atoms. The third-order valence-corrected chi connectivity index (χ3v) is 7.15. The molecule has 0 radical (unpaired) electrons. The predicted molar refractivity (Wildman–Crippen MR) is 120 cm³/mol. The van der Waals surface area contributed by atoms with E-state index in [-0.39, 0.29) is 17.3 Å². The van der Waals surface area contributed by atoms with Crippen LogP contribution < -0.4 is 14.4 Å². The van der Waals surface area contributed by atoms with Crippen LogP contribution in [0.4, 0.5) is 5.69 Å². The Hall–Kier alpha value is -3.36. The number of rotatable bonds is 6. The highest BCUT2D eigenvalue weighted by atomic mass is 32.2. The average Bonchev–Trinajstić information content (AvgIpc) is 3.31. The van der Waals surface area contributed by atoms with Crippen molar-refractivity contribution in [2.75, 3.05) is 18.6 Å². The van der Waals surface area contributed by atoms with Crippen molar-refractivity contribution in [1.29, 1.82) is 0 Å². The lowest BCUT2D eigenvalue weighted by Crippen LogP contribution is -2.26. The number of benzene rings is 3. The van der Waals surface area contributed by atoms with Gasteiger partial charge in [0.25, 0.3) is 5.91 Å². The first-order valence-corrected chi connectivity index (χ1v) is 11.4. The Balaban J connectivity index is 1.49. The van der Waals surface area contributed by atoms with Gasteiger partial charge >= 0.3 is 0 Å². The van der Waals surface area contributed by atoms with Crippen molar-refractivity contribution in [2.24, 2.45) is 0 Å². The van der Waals surface area contributed by atoms with Gasteiger partial charge in [-0.15, -0.1) is 0 Å². The number of ether oxygens (including phenoxy) is 1. The summed E-state index contributed by atoms with van der Waals surface area (Å²) in [6.07, 6.45) is 0. The molecule has 1 aliphatic rings. The highest BCUT2D eigenvalue weighted by molar-refractivity contribution is 7.89. The number of amides is 1. The molecule has 1 amide bonds. The topological polar surface area (TPSA) is 91.5 Å². The summed E-state index contributed by atoms with van der Waals surface area (Å²) in [7, 11) is -2.20. The second-order valence-electron chi connectivity index (χ2n) is 7.43. The van der Waals surface area contributed by atoms with Gasteiger partial charge in [0, 0.05) is 39.5 Å². The number of sulfonamides is 1. The van der Waals surface area contributed by atoms with Crippen molar-refractivity contribution in [2.45, 2.75) is 18.4 Å². The summed E-state index contributed by atoms with van der Waals surface area (Å²) in [4.78, 5) is 17.7. The molecule has 0 unspecified atom stereocenters. The van der Waals surface area contributed by atoms with Crippen LogP contribution in [0.15, 0.2) is 59.5 Å². The number of nitrogens with one attached hydrogen (secondary N) is 2. The predicted octanol–water partition coefficient (Wildman–Crippen LogP) is 3.79. The van der Waals surface area contributed by atoms with Gasteiger partial charge in [0.2, 0.25) is 10.0 Å². The molecule has 158 valence electrons. The van der Waals surface area contributed by atoms with Crippen molar-refractivity contribution < 1.29 is 17.9 Å². The SMILES string of the molecule is CCN1C(=O)c2cccc3c(S(=O)(=O)NCc4cc5cc(OC)ccc5[nH]4)ccc1c23. The summed E-state index contributed by atoms with van der Waals surface area (Å²) in [6.45, 7) is 2.54. The molecule has 1 aliphatic heterocycles. The number of hydrogen-bond donors (Lipinski definition) is 2. The normalized spacial score (nSPS) is 13.5. The van der Waals surface area contributed by atoms with E-state index in [0.29, 0.717) is 22.9 Å². The van der Waals surface area contributed by atoms with Crippen molar-refractivity contribution in [3.05, 3.63) is 65.9 Å². The highest BCUT2D eigenvalue weighted by Crippen LogP contribution is 2.39. The largest absolute Gasteiger partial charge is 0.497 e. The quantitative estimate of drug-likeness (QED) is 0.482. The van der Waals surface area contributed by atoms with Gasteiger partial charge in [-0.2, -0.15) is 0 Å². The number of hydrogen-bond acceptors (Lipinski definition) is 4. The van der Waals surface area contributed by atoms with Crippen molar-refractivity contribution in [3.8, 4) is 5.75 Å². The molecule has 5 rings (SSSR count). The fraction of sp³-hybridized carbons (Fsp3) is 0.174. The second-order valence-corrected chi connectivity index (χ2v) is 9.17. The molecular weight excluding hydrogens is 414 g/mol. The lowest BCUT2D eigenvalue weighted by molar-refractivity contribution is 0.0994. The Morgan fingerprint density at radius 1 is 1.10 bits per heavy atom. The van der Waals surface area contributed by atoms with E-state index in [1.165, 1.54) is 0 Å². The van der Waals surface area contributed by atoms with Gasteiger partial charge in [-0.25, -0.2) is 13.1 Å². The van der Waals surface area contributed by atoms with Crippen molar-refractivity contribution in [3.63, 3.8) is 0 Å². The first kappa shape index (κ1) is 19.6. The van der Waals surface area contributed by atoms with Crippen LogP contribution in [0.3, 0.4) is 0 Å². The van der Waals surface area contributed by atoms with E-state index in [0.717, 1.165) is 28.0 Å². The van der Waals surface area contributed by atoms with E-state index in [2.05, 4.69) is 9.71 Å². The molecule has 0 aliphatic carbocycles. The number of aromatic amines is 1. The molecule has 1 aromatic heterocycles.